The third-order valence-corrected chi connectivity index (χ3v) is 5.61. The lowest BCUT2D eigenvalue weighted by Crippen LogP contribution is -2.28. The van der Waals surface area contributed by atoms with E-state index in [1.165, 1.54) is 12.1 Å². The van der Waals surface area contributed by atoms with E-state index in [1.807, 2.05) is 17.9 Å². The number of amides is 1. The van der Waals surface area contributed by atoms with Crippen LogP contribution in [0.25, 0.3) is 0 Å². The van der Waals surface area contributed by atoms with E-state index in [-0.39, 0.29) is 11.8 Å². The van der Waals surface area contributed by atoms with E-state index >= 15 is 0 Å². The number of hydrogen-bond acceptors (Lipinski definition) is 4. The van der Waals surface area contributed by atoms with Crippen molar-refractivity contribution in [1.29, 1.82) is 0 Å². The molecule has 1 N–H and O–H groups in total. The molecular weight excluding hydrogens is 423 g/mol. The number of likely N-dealkylation sites (tertiary alicyclic amines) is 1. The molecule has 0 spiro atoms. The van der Waals surface area contributed by atoms with Crippen molar-refractivity contribution >= 4 is 5.91 Å². The van der Waals surface area contributed by atoms with E-state index in [0.717, 1.165) is 35.6 Å². The molecule has 0 saturated carbocycles. The number of ether oxygens (including phenoxy) is 1. The maximum atomic E-state index is 12.8. The van der Waals surface area contributed by atoms with Crippen LogP contribution in [-0.2, 0) is 19.6 Å². The summed E-state index contributed by atoms with van der Waals surface area (Å²) in [5.41, 5.74) is 2.41. The van der Waals surface area contributed by atoms with Crippen LogP contribution in [0, 0.1) is 6.92 Å². The second-order valence-electron chi connectivity index (χ2n) is 7.98. The molecule has 0 unspecified atom stereocenters. The quantitative estimate of drug-likeness (QED) is 0.625. The van der Waals surface area contributed by atoms with Crippen LogP contribution in [0.15, 0.2) is 36.5 Å². The summed E-state index contributed by atoms with van der Waals surface area (Å²) in [6, 6.07) is 6.60. The summed E-state index contributed by atoms with van der Waals surface area (Å²) in [4.78, 5) is 14.6. The Morgan fingerprint density at radius 2 is 2.03 bits per heavy atom. The van der Waals surface area contributed by atoms with Gasteiger partial charge in [0.1, 0.15) is 5.75 Å². The van der Waals surface area contributed by atoms with Crippen molar-refractivity contribution in [2.24, 2.45) is 7.05 Å². The SMILES string of the molecule is Cc1nn(C)cc1C(=O)N1CC[C@H](c2cc(CCOc3ccc(C(F)(F)F)cc3)[nH]n2)C1. The Morgan fingerprint density at radius 3 is 2.69 bits per heavy atom. The second kappa shape index (κ2) is 8.68. The van der Waals surface area contributed by atoms with Crippen LogP contribution >= 0.6 is 0 Å². The fourth-order valence-corrected chi connectivity index (χ4v) is 3.90. The van der Waals surface area contributed by atoms with E-state index in [2.05, 4.69) is 15.3 Å². The van der Waals surface area contributed by atoms with Crippen LogP contribution in [0.3, 0.4) is 0 Å². The molecule has 10 heteroatoms. The van der Waals surface area contributed by atoms with Crippen molar-refractivity contribution < 1.29 is 22.7 Å². The molecule has 1 aliphatic heterocycles. The van der Waals surface area contributed by atoms with Gasteiger partial charge in [-0.25, -0.2) is 0 Å². The Bertz CT molecular complexity index is 1090. The molecule has 1 amide bonds. The number of carbonyl (C=O) groups is 1. The molecule has 1 atom stereocenters. The Labute approximate surface area is 183 Å². The van der Waals surface area contributed by atoms with Crippen molar-refractivity contribution in [2.45, 2.75) is 31.9 Å². The maximum Gasteiger partial charge on any atom is 0.416 e. The Hall–Kier alpha value is -3.30. The molecule has 1 fully saturated rings. The lowest BCUT2D eigenvalue weighted by molar-refractivity contribution is -0.137. The van der Waals surface area contributed by atoms with Crippen molar-refractivity contribution in [3.8, 4) is 5.75 Å². The minimum absolute atomic E-state index is 0.0150. The number of hydrogen-bond donors (Lipinski definition) is 1. The van der Waals surface area contributed by atoms with Crippen molar-refractivity contribution in [2.75, 3.05) is 19.7 Å². The van der Waals surface area contributed by atoms with Gasteiger partial charge in [0, 0.05) is 44.4 Å². The van der Waals surface area contributed by atoms with Crippen LogP contribution in [0.5, 0.6) is 5.75 Å². The highest BCUT2D eigenvalue weighted by atomic mass is 19.4. The van der Waals surface area contributed by atoms with Gasteiger partial charge in [-0.3, -0.25) is 14.6 Å². The smallest absolute Gasteiger partial charge is 0.416 e. The maximum absolute atomic E-state index is 12.8. The number of aromatic nitrogens is 4. The number of rotatable bonds is 6. The van der Waals surface area contributed by atoms with Gasteiger partial charge in [0.25, 0.3) is 5.91 Å². The summed E-state index contributed by atoms with van der Waals surface area (Å²) in [5, 5.41) is 11.6. The highest BCUT2D eigenvalue weighted by molar-refractivity contribution is 5.95. The number of H-pyrrole nitrogens is 1. The van der Waals surface area contributed by atoms with Crippen LogP contribution in [-0.4, -0.2) is 50.5 Å². The van der Waals surface area contributed by atoms with Gasteiger partial charge in [0.15, 0.2) is 0 Å². The van der Waals surface area contributed by atoms with Gasteiger partial charge in [-0.2, -0.15) is 23.4 Å². The number of carbonyl (C=O) groups excluding carboxylic acids is 1. The van der Waals surface area contributed by atoms with E-state index in [1.54, 1.807) is 17.9 Å². The molecule has 32 heavy (non-hydrogen) atoms. The summed E-state index contributed by atoms with van der Waals surface area (Å²) >= 11 is 0. The zero-order chi connectivity index (χ0) is 22.9. The largest absolute Gasteiger partial charge is 0.493 e. The molecule has 1 aliphatic rings. The molecule has 0 radical (unpaired) electrons. The number of benzene rings is 1. The fourth-order valence-electron chi connectivity index (χ4n) is 3.90. The Kier molecular flexibility index (Phi) is 5.94. The zero-order valence-electron chi connectivity index (χ0n) is 17.8. The Morgan fingerprint density at radius 1 is 1.28 bits per heavy atom. The summed E-state index contributed by atoms with van der Waals surface area (Å²) in [5.74, 6) is 0.518. The minimum atomic E-state index is -4.36. The van der Waals surface area contributed by atoms with Crippen LogP contribution in [0.2, 0.25) is 0 Å². The van der Waals surface area contributed by atoms with Gasteiger partial charge in [-0.1, -0.05) is 0 Å². The third-order valence-electron chi connectivity index (χ3n) is 5.61. The first-order valence-electron chi connectivity index (χ1n) is 10.3. The van der Waals surface area contributed by atoms with Gasteiger partial charge in [-0.15, -0.1) is 0 Å². The first-order valence-corrected chi connectivity index (χ1v) is 10.3. The van der Waals surface area contributed by atoms with E-state index in [4.69, 9.17) is 4.74 Å². The molecule has 3 aromatic rings. The number of nitrogens with zero attached hydrogens (tertiary/aromatic N) is 4. The highest BCUT2D eigenvalue weighted by Gasteiger charge is 2.31. The van der Waals surface area contributed by atoms with Crippen LogP contribution in [0.1, 0.15) is 45.3 Å². The molecule has 2 aromatic heterocycles. The number of nitrogens with one attached hydrogen (secondary N) is 1. The molecule has 7 nitrogen and oxygen atoms in total. The first kappa shape index (κ1) is 21.9. The summed E-state index contributed by atoms with van der Waals surface area (Å²) < 4.78 is 45.0. The number of halogens is 3. The predicted molar refractivity (Wildman–Crippen MR) is 110 cm³/mol. The van der Waals surface area contributed by atoms with Crippen molar-refractivity contribution in [1.82, 2.24) is 24.9 Å². The van der Waals surface area contributed by atoms with Gasteiger partial charge in [-0.05, 0) is 43.7 Å². The molecule has 1 aromatic carbocycles. The normalized spacial score (nSPS) is 16.5. The summed E-state index contributed by atoms with van der Waals surface area (Å²) in [6.45, 7) is 3.40. The van der Waals surface area contributed by atoms with E-state index < -0.39 is 11.7 Å². The molecular formula is C22H24F3N5O2. The molecule has 170 valence electrons. The fraction of sp³-hybridized carbons (Fsp3) is 0.409. The van der Waals surface area contributed by atoms with Gasteiger partial charge in [0.05, 0.1) is 29.1 Å². The third kappa shape index (κ3) is 4.79. The van der Waals surface area contributed by atoms with Crippen molar-refractivity contribution in [3.05, 3.63) is 64.7 Å². The van der Waals surface area contributed by atoms with Crippen molar-refractivity contribution in [3.63, 3.8) is 0 Å². The standard InChI is InChI=1S/C22H24F3N5O2/c1-14-19(13-29(2)28-14)21(31)30-9-7-15(12-30)20-11-17(26-27-20)8-10-32-18-5-3-16(4-6-18)22(23,24)25/h3-6,11,13,15H,7-10,12H2,1-2H3,(H,26,27)/t15-/m0/s1. The highest BCUT2D eigenvalue weighted by Crippen LogP contribution is 2.30. The number of alkyl halides is 3. The first-order chi connectivity index (χ1) is 15.2. The molecule has 3 heterocycles. The number of aromatic amines is 1. The van der Waals surface area contributed by atoms with Crippen LogP contribution < -0.4 is 4.74 Å². The van der Waals surface area contributed by atoms with Gasteiger partial charge < -0.3 is 9.64 Å². The van der Waals surface area contributed by atoms with E-state index in [9.17, 15) is 18.0 Å². The molecule has 0 aliphatic carbocycles. The zero-order valence-corrected chi connectivity index (χ0v) is 17.8. The van der Waals surface area contributed by atoms with E-state index in [0.29, 0.717) is 37.4 Å². The van der Waals surface area contributed by atoms with Crippen LogP contribution in [0.4, 0.5) is 13.2 Å². The number of aryl methyl sites for hydroxylation is 2. The lowest BCUT2D eigenvalue weighted by Gasteiger charge is -2.15. The average molecular weight is 447 g/mol. The Balaban J connectivity index is 1.29. The van der Waals surface area contributed by atoms with Gasteiger partial charge >= 0.3 is 6.18 Å². The minimum Gasteiger partial charge on any atom is -0.493 e. The molecule has 1 saturated heterocycles. The molecule has 4 rings (SSSR count). The topological polar surface area (TPSA) is 76.0 Å². The molecule has 0 bridgehead atoms. The monoisotopic (exact) mass is 447 g/mol. The second-order valence-corrected chi connectivity index (χ2v) is 7.98. The summed E-state index contributed by atoms with van der Waals surface area (Å²) in [7, 11) is 1.79. The summed E-state index contributed by atoms with van der Waals surface area (Å²) in [6.07, 6.45) is -1.24. The average Bonchev–Trinajstić information content (AvgIpc) is 3.47. The predicted octanol–water partition coefficient (Wildman–Crippen LogP) is 3.72. The lowest BCUT2D eigenvalue weighted by atomic mass is 10.0. The van der Waals surface area contributed by atoms with Gasteiger partial charge in [0.2, 0.25) is 0 Å².